The fourth-order valence-corrected chi connectivity index (χ4v) is 2.00. The molecule has 0 aliphatic carbocycles. The van der Waals surface area contributed by atoms with Gasteiger partial charge in [-0.05, 0) is 37.5 Å². The SMILES string of the molecule is CCCCN(CCC)C(=O)C(=O)Nc1cc(C)ccc1O. The van der Waals surface area contributed by atoms with Crippen molar-refractivity contribution in [3.63, 3.8) is 0 Å². The van der Waals surface area contributed by atoms with E-state index in [1.54, 1.807) is 17.0 Å². The summed E-state index contributed by atoms with van der Waals surface area (Å²) in [6.45, 7) is 7.00. The number of aryl methyl sites for hydroxylation is 1. The molecule has 0 saturated carbocycles. The van der Waals surface area contributed by atoms with Crippen molar-refractivity contribution in [2.75, 3.05) is 18.4 Å². The van der Waals surface area contributed by atoms with E-state index in [0.29, 0.717) is 13.1 Å². The van der Waals surface area contributed by atoms with E-state index in [4.69, 9.17) is 0 Å². The molecule has 1 aromatic rings. The largest absolute Gasteiger partial charge is 0.506 e. The first-order chi connectivity index (χ1) is 9.99. The molecule has 1 aromatic carbocycles. The van der Waals surface area contributed by atoms with Gasteiger partial charge in [0.15, 0.2) is 0 Å². The lowest BCUT2D eigenvalue weighted by Gasteiger charge is -2.21. The van der Waals surface area contributed by atoms with Crippen molar-refractivity contribution in [1.29, 1.82) is 0 Å². The molecule has 0 saturated heterocycles. The maximum atomic E-state index is 12.2. The average Bonchev–Trinajstić information content (AvgIpc) is 2.46. The number of nitrogens with one attached hydrogen (secondary N) is 1. The number of hydrogen-bond acceptors (Lipinski definition) is 3. The first-order valence-electron chi connectivity index (χ1n) is 7.39. The molecule has 0 aliphatic heterocycles. The average molecular weight is 292 g/mol. The summed E-state index contributed by atoms with van der Waals surface area (Å²) in [7, 11) is 0. The maximum absolute atomic E-state index is 12.2. The maximum Gasteiger partial charge on any atom is 0.314 e. The van der Waals surface area contributed by atoms with Crippen LogP contribution in [0.4, 0.5) is 5.69 Å². The molecule has 5 heteroatoms. The number of rotatable bonds is 6. The van der Waals surface area contributed by atoms with Gasteiger partial charge in [0.1, 0.15) is 5.75 Å². The molecule has 116 valence electrons. The minimum absolute atomic E-state index is 0.0441. The van der Waals surface area contributed by atoms with Crippen molar-refractivity contribution in [2.45, 2.75) is 40.0 Å². The zero-order chi connectivity index (χ0) is 15.8. The third kappa shape index (κ3) is 5.10. The lowest BCUT2D eigenvalue weighted by atomic mass is 10.2. The highest BCUT2D eigenvalue weighted by Gasteiger charge is 2.21. The van der Waals surface area contributed by atoms with Gasteiger partial charge < -0.3 is 15.3 Å². The predicted octanol–water partition coefficient (Wildman–Crippen LogP) is 2.68. The monoisotopic (exact) mass is 292 g/mol. The third-order valence-electron chi connectivity index (χ3n) is 3.16. The van der Waals surface area contributed by atoms with Crippen LogP contribution in [0.1, 0.15) is 38.7 Å². The number of phenols is 1. The van der Waals surface area contributed by atoms with Gasteiger partial charge in [0.25, 0.3) is 0 Å². The number of amides is 2. The molecule has 2 amide bonds. The molecule has 0 unspecified atom stereocenters. The fourth-order valence-electron chi connectivity index (χ4n) is 2.00. The predicted molar refractivity (Wildman–Crippen MR) is 83.3 cm³/mol. The van der Waals surface area contributed by atoms with Crippen molar-refractivity contribution in [2.24, 2.45) is 0 Å². The Kier molecular flexibility index (Phi) is 6.72. The highest BCUT2D eigenvalue weighted by atomic mass is 16.3. The van der Waals surface area contributed by atoms with Crippen LogP contribution >= 0.6 is 0 Å². The smallest absolute Gasteiger partial charge is 0.314 e. The fraction of sp³-hybridized carbons (Fsp3) is 0.500. The van der Waals surface area contributed by atoms with Crippen molar-refractivity contribution in [3.8, 4) is 5.75 Å². The molecule has 0 radical (unpaired) electrons. The molecular weight excluding hydrogens is 268 g/mol. The molecule has 0 atom stereocenters. The van der Waals surface area contributed by atoms with E-state index in [1.807, 2.05) is 20.8 Å². The molecule has 0 fully saturated rings. The van der Waals surface area contributed by atoms with Crippen LogP contribution in [0.2, 0.25) is 0 Å². The molecule has 0 spiro atoms. The summed E-state index contributed by atoms with van der Waals surface area (Å²) in [6.07, 6.45) is 2.64. The zero-order valence-electron chi connectivity index (χ0n) is 13.0. The van der Waals surface area contributed by atoms with Gasteiger partial charge in [-0.2, -0.15) is 0 Å². The Hall–Kier alpha value is -2.04. The molecule has 2 N–H and O–H groups in total. The quantitative estimate of drug-likeness (QED) is 0.625. The molecule has 0 aliphatic rings. The van der Waals surface area contributed by atoms with Crippen molar-refractivity contribution >= 4 is 17.5 Å². The summed E-state index contributed by atoms with van der Waals surface area (Å²) in [5.41, 5.74) is 1.16. The van der Waals surface area contributed by atoms with E-state index in [9.17, 15) is 14.7 Å². The van der Waals surface area contributed by atoms with Crippen LogP contribution in [0, 0.1) is 6.92 Å². The van der Waals surface area contributed by atoms with Crippen LogP contribution in [0.25, 0.3) is 0 Å². The summed E-state index contributed by atoms with van der Waals surface area (Å²) in [6, 6.07) is 4.87. The van der Waals surface area contributed by atoms with E-state index in [1.165, 1.54) is 6.07 Å². The Morgan fingerprint density at radius 1 is 1.19 bits per heavy atom. The number of carbonyl (C=O) groups is 2. The standard InChI is InChI=1S/C16H24N2O3/c1-4-6-10-18(9-5-2)16(21)15(20)17-13-11-12(3)7-8-14(13)19/h7-8,11,19H,4-6,9-10H2,1-3H3,(H,17,20). The minimum Gasteiger partial charge on any atom is -0.506 e. The molecule has 21 heavy (non-hydrogen) atoms. The highest BCUT2D eigenvalue weighted by Crippen LogP contribution is 2.23. The molecule has 1 rings (SSSR count). The highest BCUT2D eigenvalue weighted by molar-refractivity contribution is 6.39. The number of hydrogen-bond donors (Lipinski definition) is 2. The molecule has 0 aromatic heterocycles. The lowest BCUT2D eigenvalue weighted by molar-refractivity contribution is -0.143. The molecule has 0 heterocycles. The van der Waals surface area contributed by atoms with Crippen molar-refractivity contribution < 1.29 is 14.7 Å². The number of unbranched alkanes of at least 4 members (excludes halogenated alkanes) is 1. The second-order valence-electron chi connectivity index (χ2n) is 5.12. The van der Waals surface area contributed by atoms with Crippen LogP contribution < -0.4 is 5.32 Å². The molecular formula is C16H24N2O3. The first-order valence-corrected chi connectivity index (χ1v) is 7.39. The van der Waals surface area contributed by atoms with Gasteiger partial charge in [-0.25, -0.2) is 0 Å². The van der Waals surface area contributed by atoms with Crippen LogP contribution in [0.5, 0.6) is 5.75 Å². The van der Waals surface area contributed by atoms with Gasteiger partial charge in [-0.15, -0.1) is 0 Å². The van der Waals surface area contributed by atoms with Crippen LogP contribution in [0.3, 0.4) is 0 Å². The summed E-state index contributed by atoms with van der Waals surface area (Å²) in [4.78, 5) is 25.8. The Bertz CT molecular complexity index is 500. The number of benzene rings is 1. The summed E-state index contributed by atoms with van der Waals surface area (Å²) >= 11 is 0. The lowest BCUT2D eigenvalue weighted by Crippen LogP contribution is -2.40. The minimum atomic E-state index is -0.708. The zero-order valence-corrected chi connectivity index (χ0v) is 13.0. The van der Waals surface area contributed by atoms with Gasteiger partial charge in [-0.3, -0.25) is 9.59 Å². The van der Waals surface area contributed by atoms with Gasteiger partial charge in [0.05, 0.1) is 5.69 Å². The summed E-state index contributed by atoms with van der Waals surface area (Å²) in [5, 5.41) is 12.2. The Morgan fingerprint density at radius 3 is 2.52 bits per heavy atom. The number of carbonyl (C=O) groups excluding carboxylic acids is 2. The van der Waals surface area contributed by atoms with Crippen LogP contribution in [0.15, 0.2) is 18.2 Å². The second kappa shape index (κ2) is 8.29. The first kappa shape index (κ1) is 17.0. The Morgan fingerprint density at radius 2 is 1.90 bits per heavy atom. The number of nitrogens with zero attached hydrogens (tertiary/aromatic N) is 1. The number of phenolic OH excluding ortho intramolecular Hbond substituents is 1. The van der Waals surface area contributed by atoms with Crippen LogP contribution in [-0.2, 0) is 9.59 Å². The second-order valence-corrected chi connectivity index (χ2v) is 5.12. The van der Waals surface area contributed by atoms with Crippen LogP contribution in [-0.4, -0.2) is 34.9 Å². The van der Waals surface area contributed by atoms with Crippen molar-refractivity contribution in [3.05, 3.63) is 23.8 Å². The van der Waals surface area contributed by atoms with E-state index in [-0.39, 0.29) is 11.4 Å². The number of aromatic hydroxyl groups is 1. The van der Waals surface area contributed by atoms with E-state index >= 15 is 0 Å². The topological polar surface area (TPSA) is 69.6 Å². The Labute approximate surface area is 126 Å². The van der Waals surface area contributed by atoms with Crippen molar-refractivity contribution in [1.82, 2.24) is 4.90 Å². The Balaban J connectivity index is 2.76. The molecule has 0 bridgehead atoms. The third-order valence-corrected chi connectivity index (χ3v) is 3.16. The van der Waals surface area contributed by atoms with E-state index in [2.05, 4.69) is 5.32 Å². The summed E-state index contributed by atoms with van der Waals surface area (Å²) in [5.74, 6) is -1.30. The van der Waals surface area contributed by atoms with E-state index < -0.39 is 11.8 Å². The van der Waals surface area contributed by atoms with Gasteiger partial charge in [-0.1, -0.05) is 26.3 Å². The number of anilines is 1. The van der Waals surface area contributed by atoms with Gasteiger partial charge >= 0.3 is 11.8 Å². The normalized spacial score (nSPS) is 10.2. The summed E-state index contributed by atoms with van der Waals surface area (Å²) < 4.78 is 0. The molecule has 5 nitrogen and oxygen atoms in total. The van der Waals surface area contributed by atoms with Gasteiger partial charge in [0, 0.05) is 13.1 Å². The van der Waals surface area contributed by atoms with Gasteiger partial charge in [0.2, 0.25) is 0 Å². The van der Waals surface area contributed by atoms with E-state index in [0.717, 1.165) is 24.8 Å².